The number of aliphatic hydroxyl groups is 1. The van der Waals surface area contributed by atoms with Crippen molar-refractivity contribution in [2.45, 2.75) is 26.5 Å². The molecule has 4 N–H and O–H groups in total. The number of rotatable bonds is 5. The van der Waals surface area contributed by atoms with Crippen LogP contribution in [0.5, 0.6) is 0 Å². The van der Waals surface area contributed by atoms with E-state index in [1.807, 2.05) is 13.0 Å². The van der Waals surface area contributed by atoms with E-state index < -0.39 is 12.1 Å². The van der Waals surface area contributed by atoms with E-state index in [0.717, 1.165) is 11.3 Å². The van der Waals surface area contributed by atoms with Gasteiger partial charge in [0.05, 0.1) is 12.6 Å². The molecule has 24 heavy (non-hydrogen) atoms. The van der Waals surface area contributed by atoms with Crippen LogP contribution < -0.4 is 16.2 Å². The number of hydrogen-bond acceptors (Lipinski definition) is 3. The maximum absolute atomic E-state index is 11.9. The molecule has 7 heteroatoms. The summed E-state index contributed by atoms with van der Waals surface area (Å²) in [5, 5.41) is 15.7. The highest BCUT2D eigenvalue weighted by Gasteiger charge is 2.11. The molecule has 0 radical (unpaired) electrons. The zero-order chi connectivity index (χ0) is 17.7. The number of pyridine rings is 1. The van der Waals surface area contributed by atoms with Crippen molar-refractivity contribution in [3.8, 4) is 0 Å². The number of aryl methyl sites for hydroxylation is 2. The van der Waals surface area contributed by atoms with Crippen LogP contribution in [-0.4, -0.2) is 22.7 Å². The summed E-state index contributed by atoms with van der Waals surface area (Å²) >= 11 is 5.87. The van der Waals surface area contributed by atoms with Gasteiger partial charge in [0.25, 0.3) is 5.56 Å². The Morgan fingerprint density at radius 1 is 1.29 bits per heavy atom. The third kappa shape index (κ3) is 4.84. The van der Waals surface area contributed by atoms with Gasteiger partial charge < -0.3 is 20.7 Å². The Morgan fingerprint density at radius 3 is 2.71 bits per heavy atom. The molecule has 0 saturated heterocycles. The number of hydrogen-bond donors (Lipinski definition) is 4. The van der Waals surface area contributed by atoms with Crippen LogP contribution in [0.4, 0.5) is 4.79 Å². The number of aliphatic hydroxyl groups excluding tert-OH is 1. The molecule has 2 aromatic rings. The number of nitrogens with one attached hydrogen (secondary N) is 3. The van der Waals surface area contributed by atoms with Crippen LogP contribution in [0.15, 0.2) is 35.1 Å². The molecule has 0 aliphatic carbocycles. The van der Waals surface area contributed by atoms with Crippen molar-refractivity contribution in [1.82, 2.24) is 15.6 Å². The van der Waals surface area contributed by atoms with E-state index in [0.29, 0.717) is 16.1 Å². The first kappa shape index (κ1) is 18.0. The molecule has 0 aliphatic heterocycles. The third-order valence-corrected chi connectivity index (χ3v) is 3.84. The Balaban J connectivity index is 1.87. The first-order chi connectivity index (χ1) is 11.4. The molecule has 0 aliphatic rings. The summed E-state index contributed by atoms with van der Waals surface area (Å²) in [4.78, 5) is 26.4. The number of aromatic nitrogens is 1. The summed E-state index contributed by atoms with van der Waals surface area (Å²) in [7, 11) is 0. The van der Waals surface area contributed by atoms with E-state index in [9.17, 15) is 14.7 Å². The minimum atomic E-state index is -0.862. The lowest BCUT2D eigenvalue weighted by atomic mass is 10.1. The van der Waals surface area contributed by atoms with Crippen LogP contribution in [0.1, 0.15) is 28.5 Å². The lowest BCUT2D eigenvalue weighted by molar-refractivity contribution is 0.173. The van der Waals surface area contributed by atoms with Gasteiger partial charge in [0, 0.05) is 22.8 Å². The average molecular weight is 350 g/mol. The van der Waals surface area contributed by atoms with Gasteiger partial charge in [-0.05, 0) is 43.2 Å². The normalized spacial score (nSPS) is 11.8. The third-order valence-electron chi connectivity index (χ3n) is 3.61. The van der Waals surface area contributed by atoms with Gasteiger partial charge in [-0.2, -0.15) is 0 Å². The molecule has 2 rings (SSSR count). The Hall–Kier alpha value is -2.31. The van der Waals surface area contributed by atoms with Crippen LogP contribution >= 0.6 is 11.6 Å². The Kier molecular flexibility index (Phi) is 6.00. The summed E-state index contributed by atoms with van der Waals surface area (Å²) in [6, 6.07) is 8.19. The molecular formula is C17H20ClN3O3. The average Bonchev–Trinajstić information content (AvgIpc) is 2.51. The molecule has 1 heterocycles. The van der Waals surface area contributed by atoms with Gasteiger partial charge >= 0.3 is 6.03 Å². The lowest BCUT2D eigenvalue weighted by Crippen LogP contribution is -2.38. The van der Waals surface area contributed by atoms with Crippen molar-refractivity contribution in [3.63, 3.8) is 0 Å². The van der Waals surface area contributed by atoms with Crippen molar-refractivity contribution < 1.29 is 9.90 Å². The first-order valence-corrected chi connectivity index (χ1v) is 7.89. The Bertz CT molecular complexity index is 789. The number of aromatic amines is 1. The van der Waals surface area contributed by atoms with Crippen molar-refractivity contribution >= 4 is 17.6 Å². The summed E-state index contributed by atoms with van der Waals surface area (Å²) in [5.74, 6) is 0. The second-order valence-electron chi connectivity index (χ2n) is 5.58. The number of H-pyrrole nitrogens is 1. The van der Waals surface area contributed by atoms with Gasteiger partial charge in [0.1, 0.15) is 0 Å². The SMILES string of the molecule is Cc1cc(C)c(CNC(=O)NC[C@H](O)c2cccc(Cl)c2)c(=O)[nH]1. The first-order valence-electron chi connectivity index (χ1n) is 7.51. The van der Waals surface area contributed by atoms with E-state index in [4.69, 9.17) is 11.6 Å². The molecule has 128 valence electrons. The minimum Gasteiger partial charge on any atom is -0.387 e. The highest BCUT2D eigenvalue weighted by atomic mass is 35.5. The number of benzene rings is 1. The summed E-state index contributed by atoms with van der Waals surface area (Å²) in [5.41, 5.74) is 2.50. The molecule has 0 spiro atoms. The van der Waals surface area contributed by atoms with E-state index in [1.54, 1.807) is 31.2 Å². The zero-order valence-corrected chi connectivity index (χ0v) is 14.3. The predicted octanol–water partition coefficient (Wildman–Crippen LogP) is 2.18. The maximum atomic E-state index is 11.9. The van der Waals surface area contributed by atoms with E-state index in [1.165, 1.54) is 0 Å². The highest BCUT2D eigenvalue weighted by molar-refractivity contribution is 6.30. The van der Waals surface area contributed by atoms with Crippen LogP contribution in [0.3, 0.4) is 0 Å². The van der Waals surface area contributed by atoms with Crippen molar-refractivity contribution in [2.24, 2.45) is 0 Å². The Labute approximate surface area is 144 Å². The molecule has 0 bridgehead atoms. The second kappa shape index (κ2) is 7.99. The van der Waals surface area contributed by atoms with E-state index in [2.05, 4.69) is 15.6 Å². The fraction of sp³-hybridized carbons (Fsp3) is 0.294. The fourth-order valence-corrected chi connectivity index (χ4v) is 2.55. The van der Waals surface area contributed by atoms with Crippen LogP contribution in [0.2, 0.25) is 5.02 Å². The molecule has 1 aromatic carbocycles. The molecule has 1 atom stereocenters. The molecule has 2 amide bonds. The highest BCUT2D eigenvalue weighted by Crippen LogP contribution is 2.16. The molecule has 0 saturated carbocycles. The van der Waals surface area contributed by atoms with Gasteiger partial charge in [0.15, 0.2) is 0 Å². The molecule has 1 aromatic heterocycles. The van der Waals surface area contributed by atoms with E-state index in [-0.39, 0.29) is 18.6 Å². The topological polar surface area (TPSA) is 94.2 Å². The minimum absolute atomic E-state index is 0.0371. The van der Waals surface area contributed by atoms with E-state index >= 15 is 0 Å². The molecule has 0 unspecified atom stereocenters. The predicted molar refractivity (Wildman–Crippen MR) is 93.2 cm³/mol. The van der Waals surface area contributed by atoms with Crippen LogP contribution in [-0.2, 0) is 6.54 Å². The van der Waals surface area contributed by atoms with Crippen LogP contribution in [0, 0.1) is 13.8 Å². The Morgan fingerprint density at radius 2 is 2.04 bits per heavy atom. The van der Waals surface area contributed by atoms with Gasteiger partial charge in [-0.15, -0.1) is 0 Å². The van der Waals surface area contributed by atoms with Gasteiger partial charge in [-0.25, -0.2) is 4.79 Å². The monoisotopic (exact) mass is 349 g/mol. The fourth-order valence-electron chi connectivity index (χ4n) is 2.35. The molecule has 0 fully saturated rings. The summed E-state index contributed by atoms with van der Waals surface area (Å²) in [6.07, 6.45) is -0.862. The van der Waals surface area contributed by atoms with Crippen molar-refractivity contribution in [3.05, 3.63) is 68.1 Å². The number of urea groups is 1. The van der Waals surface area contributed by atoms with Gasteiger partial charge in [-0.3, -0.25) is 4.79 Å². The number of halogens is 1. The lowest BCUT2D eigenvalue weighted by Gasteiger charge is -2.13. The zero-order valence-electron chi connectivity index (χ0n) is 13.5. The summed E-state index contributed by atoms with van der Waals surface area (Å²) in [6.45, 7) is 3.77. The standard InChI is InChI=1S/C17H20ClN3O3/c1-10-6-11(2)21-16(23)14(10)8-19-17(24)20-9-15(22)12-4-3-5-13(18)7-12/h3-7,15,22H,8-9H2,1-2H3,(H,21,23)(H2,19,20,24)/t15-/m0/s1. The largest absolute Gasteiger partial charge is 0.387 e. The molecule has 6 nitrogen and oxygen atoms in total. The van der Waals surface area contributed by atoms with Crippen molar-refractivity contribution in [1.29, 1.82) is 0 Å². The number of carbonyl (C=O) groups excluding carboxylic acids is 1. The summed E-state index contributed by atoms with van der Waals surface area (Å²) < 4.78 is 0. The smallest absolute Gasteiger partial charge is 0.315 e. The van der Waals surface area contributed by atoms with Crippen molar-refractivity contribution in [2.75, 3.05) is 6.54 Å². The number of carbonyl (C=O) groups is 1. The van der Waals surface area contributed by atoms with Gasteiger partial charge in [0.2, 0.25) is 0 Å². The second-order valence-corrected chi connectivity index (χ2v) is 6.01. The maximum Gasteiger partial charge on any atom is 0.315 e. The molecular weight excluding hydrogens is 330 g/mol. The van der Waals surface area contributed by atoms with Gasteiger partial charge in [-0.1, -0.05) is 23.7 Å². The quantitative estimate of drug-likeness (QED) is 0.666. The number of amides is 2. The van der Waals surface area contributed by atoms with Crippen LogP contribution in [0.25, 0.3) is 0 Å².